The lowest BCUT2D eigenvalue weighted by Gasteiger charge is -2.17. The van der Waals surface area contributed by atoms with Crippen molar-refractivity contribution in [3.05, 3.63) is 22.5 Å². The maximum atomic E-state index is 11.6. The Balaban J connectivity index is 2.23. The Kier molecular flexibility index (Phi) is 4.52. The van der Waals surface area contributed by atoms with Gasteiger partial charge in [-0.2, -0.15) is 4.98 Å². The van der Waals surface area contributed by atoms with Crippen LogP contribution in [0.25, 0.3) is 0 Å². The van der Waals surface area contributed by atoms with Crippen LogP contribution < -0.4 is 17.0 Å². The van der Waals surface area contributed by atoms with E-state index >= 15 is 0 Å². The van der Waals surface area contributed by atoms with E-state index in [0.29, 0.717) is 10.4 Å². The number of allylic oxidation sites excluding steroid dienone is 1. The quantitative estimate of drug-likeness (QED) is 0.638. The van der Waals surface area contributed by atoms with Crippen molar-refractivity contribution in [2.45, 2.75) is 42.5 Å². The van der Waals surface area contributed by atoms with Crippen molar-refractivity contribution in [1.29, 1.82) is 0 Å². The molecular weight excluding hydrogens is 260 g/mol. The molecule has 0 spiro atoms. The van der Waals surface area contributed by atoms with E-state index in [-0.39, 0.29) is 11.5 Å². The van der Waals surface area contributed by atoms with E-state index in [1.165, 1.54) is 19.3 Å². The minimum atomic E-state index is -0.437. The van der Waals surface area contributed by atoms with Crippen LogP contribution in [-0.2, 0) is 7.05 Å². The Morgan fingerprint density at radius 2 is 2.16 bits per heavy atom. The molecule has 1 aliphatic rings. The maximum absolute atomic E-state index is 11.6. The first-order valence-corrected chi connectivity index (χ1v) is 7.43. The van der Waals surface area contributed by atoms with Crippen molar-refractivity contribution in [3.63, 3.8) is 0 Å². The molecule has 6 heteroatoms. The van der Waals surface area contributed by atoms with Crippen LogP contribution >= 0.6 is 11.8 Å². The van der Waals surface area contributed by atoms with Crippen LogP contribution in [0.15, 0.2) is 22.1 Å². The highest BCUT2D eigenvalue weighted by atomic mass is 32.2. The number of hydrogen-bond donors (Lipinski definition) is 2. The minimum absolute atomic E-state index is 0.0278. The predicted octanol–water partition coefficient (Wildman–Crippen LogP) is 1.93. The minimum Gasteiger partial charge on any atom is -0.391 e. The lowest BCUT2D eigenvalue weighted by atomic mass is 10.1. The van der Waals surface area contributed by atoms with Gasteiger partial charge in [0.2, 0.25) is 0 Å². The molecular formula is C13H20N4OS. The Morgan fingerprint density at radius 1 is 1.37 bits per heavy atom. The molecule has 1 aromatic rings. The third kappa shape index (κ3) is 3.32. The fourth-order valence-electron chi connectivity index (χ4n) is 2.08. The molecule has 1 aromatic heterocycles. The summed E-state index contributed by atoms with van der Waals surface area (Å²) in [5.74, 6) is 0.289. The zero-order chi connectivity index (χ0) is 13.8. The van der Waals surface area contributed by atoms with Gasteiger partial charge in [0.05, 0.1) is 0 Å². The lowest BCUT2D eigenvalue weighted by Crippen LogP contribution is -2.21. The van der Waals surface area contributed by atoms with Gasteiger partial charge in [0, 0.05) is 12.3 Å². The van der Waals surface area contributed by atoms with Crippen molar-refractivity contribution < 1.29 is 0 Å². The molecule has 1 aliphatic carbocycles. The highest BCUT2D eigenvalue weighted by molar-refractivity contribution is 7.99. The van der Waals surface area contributed by atoms with Gasteiger partial charge in [-0.05, 0) is 19.3 Å². The average Bonchev–Trinajstić information content (AvgIpc) is 2.36. The van der Waals surface area contributed by atoms with E-state index in [4.69, 9.17) is 11.5 Å². The summed E-state index contributed by atoms with van der Waals surface area (Å²) in [5.41, 5.74) is 11.0. The number of rotatable bonds is 2. The first-order chi connectivity index (χ1) is 9.09. The highest BCUT2D eigenvalue weighted by Gasteiger charge is 2.15. The number of nitrogens with two attached hydrogens (primary N) is 2. The van der Waals surface area contributed by atoms with Crippen LogP contribution in [-0.4, -0.2) is 14.8 Å². The van der Waals surface area contributed by atoms with Gasteiger partial charge in [0.25, 0.3) is 5.56 Å². The van der Waals surface area contributed by atoms with Gasteiger partial charge in [-0.3, -0.25) is 4.79 Å². The summed E-state index contributed by atoms with van der Waals surface area (Å²) in [6.07, 6.45) is 10.4. The smallest absolute Gasteiger partial charge is 0.299 e. The second kappa shape index (κ2) is 6.14. The van der Waals surface area contributed by atoms with Gasteiger partial charge in [-0.1, -0.05) is 36.8 Å². The second-order valence-electron chi connectivity index (χ2n) is 4.78. The second-order valence-corrected chi connectivity index (χ2v) is 5.99. The van der Waals surface area contributed by atoms with Gasteiger partial charge < -0.3 is 16.0 Å². The number of anilines is 2. The Bertz CT molecular complexity index is 538. The molecule has 19 heavy (non-hydrogen) atoms. The first-order valence-electron chi connectivity index (χ1n) is 6.55. The topological polar surface area (TPSA) is 86.9 Å². The van der Waals surface area contributed by atoms with Crippen LogP contribution in [0.1, 0.15) is 32.1 Å². The molecule has 0 saturated carbocycles. The summed E-state index contributed by atoms with van der Waals surface area (Å²) in [6.45, 7) is 0. The molecule has 2 rings (SSSR count). The molecule has 0 bridgehead atoms. The molecule has 1 unspecified atom stereocenters. The largest absolute Gasteiger partial charge is 0.391 e. The van der Waals surface area contributed by atoms with E-state index < -0.39 is 5.56 Å². The zero-order valence-electron chi connectivity index (χ0n) is 11.1. The Labute approximate surface area is 117 Å². The van der Waals surface area contributed by atoms with E-state index in [0.717, 1.165) is 12.8 Å². The standard InChI is InChI=1S/C13H20N4OS/c1-17-11(15)10(14)12(18)16-13(17)19-9-7-5-3-2-4-6-8-9/h5,7,9H,2-4,6,8,14-15H2,1H3/b7-5-. The van der Waals surface area contributed by atoms with E-state index in [1.807, 2.05) is 0 Å². The summed E-state index contributed by atoms with van der Waals surface area (Å²) in [4.78, 5) is 15.6. The fraction of sp³-hybridized carbons (Fsp3) is 0.538. The number of hydrogen-bond acceptors (Lipinski definition) is 5. The van der Waals surface area contributed by atoms with Crippen molar-refractivity contribution in [3.8, 4) is 0 Å². The van der Waals surface area contributed by atoms with Crippen LogP contribution in [0.2, 0.25) is 0 Å². The summed E-state index contributed by atoms with van der Waals surface area (Å²) in [5, 5.41) is 0.980. The van der Waals surface area contributed by atoms with Crippen LogP contribution in [0.4, 0.5) is 11.5 Å². The zero-order valence-corrected chi connectivity index (χ0v) is 11.9. The summed E-state index contributed by atoms with van der Waals surface area (Å²) >= 11 is 1.58. The third-order valence-corrected chi connectivity index (χ3v) is 4.59. The monoisotopic (exact) mass is 280 g/mol. The van der Waals surface area contributed by atoms with Gasteiger partial charge in [-0.25, -0.2) is 0 Å². The summed E-state index contributed by atoms with van der Waals surface area (Å²) in [7, 11) is 1.78. The molecule has 0 aliphatic heterocycles. The van der Waals surface area contributed by atoms with Crippen LogP contribution in [0.3, 0.4) is 0 Å². The van der Waals surface area contributed by atoms with E-state index in [9.17, 15) is 4.79 Å². The molecule has 0 fully saturated rings. The Morgan fingerprint density at radius 3 is 2.95 bits per heavy atom. The van der Waals surface area contributed by atoms with Crippen LogP contribution in [0, 0.1) is 0 Å². The number of nitrogen functional groups attached to an aromatic ring is 2. The molecule has 0 radical (unpaired) electrons. The average molecular weight is 280 g/mol. The SMILES string of the molecule is Cn1c(SC2/C=C\CCCCC2)nc(=O)c(N)c1N. The lowest BCUT2D eigenvalue weighted by molar-refractivity contribution is 0.641. The number of aromatic nitrogens is 2. The fourth-order valence-corrected chi connectivity index (χ4v) is 3.22. The van der Waals surface area contributed by atoms with Crippen molar-refractivity contribution >= 4 is 23.3 Å². The summed E-state index contributed by atoms with van der Waals surface area (Å²) in [6, 6.07) is 0. The Hall–Kier alpha value is -1.43. The number of thioether (sulfide) groups is 1. The molecule has 5 nitrogen and oxygen atoms in total. The van der Waals surface area contributed by atoms with Crippen LogP contribution in [0.5, 0.6) is 0 Å². The number of nitrogens with zero attached hydrogens (tertiary/aromatic N) is 2. The van der Waals surface area contributed by atoms with Crippen molar-refractivity contribution in [1.82, 2.24) is 9.55 Å². The molecule has 1 heterocycles. The van der Waals surface area contributed by atoms with Gasteiger partial charge in [-0.15, -0.1) is 0 Å². The molecule has 0 aromatic carbocycles. The normalized spacial score (nSPS) is 21.6. The van der Waals surface area contributed by atoms with Gasteiger partial charge >= 0.3 is 0 Å². The first kappa shape index (κ1) is 14.0. The van der Waals surface area contributed by atoms with Crippen molar-refractivity contribution in [2.24, 2.45) is 7.05 Å². The van der Waals surface area contributed by atoms with Crippen molar-refractivity contribution in [2.75, 3.05) is 11.5 Å². The molecule has 1 atom stereocenters. The highest BCUT2D eigenvalue weighted by Crippen LogP contribution is 2.28. The molecule has 4 N–H and O–H groups in total. The third-order valence-electron chi connectivity index (χ3n) is 3.32. The molecule has 0 amide bonds. The summed E-state index contributed by atoms with van der Waals surface area (Å²) < 4.78 is 1.69. The van der Waals surface area contributed by atoms with E-state index in [2.05, 4.69) is 17.1 Å². The molecule has 104 valence electrons. The van der Waals surface area contributed by atoms with Gasteiger partial charge in [0.1, 0.15) is 11.5 Å². The maximum Gasteiger partial charge on any atom is 0.299 e. The predicted molar refractivity (Wildman–Crippen MR) is 80.2 cm³/mol. The molecule has 0 saturated heterocycles. The van der Waals surface area contributed by atoms with Gasteiger partial charge in [0.15, 0.2) is 5.16 Å². The van der Waals surface area contributed by atoms with E-state index in [1.54, 1.807) is 23.4 Å².